The van der Waals surface area contributed by atoms with E-state index in [1.165, 1.54) is 12.7 Å². The van der Waals surface area contributed by atoms with Crippen molar-refractivity contribution in [1.29, 1.82) is 0 Å². The van der Waals surface area contributed by atoms with Crippen LogP contribution in [-0.2, 0) is 9.53 Å². The van der Waals surface area contributed by atoms with Gasteiger partial charge in [0.05, 0.1) is 18.8 Å². The zero-order valence-electron chi connectivity index (χ0n) is 18.0. The number of aryl methyl sites for hydroxylation is 1. The Bertz CT molecular complexity index is 1070. The minimum Gasteiger partial charge on any atom is -0.469 e. The Kier molecular flexibility index (Phi) is 7.12. The summed E-state index contributed by atoms with van der Waals surface area (Å²) >= 11 is 7.23. The van der Waals surface area contributed by atoms with Crippen LogP contribution in [0.1, 0.15) is 41.9 Å². The van der Waals surface area contributed by atoms with E-state index in [1.807, 2.05) is 30.3 Å². The summed E-state index contributed by atoms with van der Waals surface area (Å²) in [4.78, 5) is 19.3. The van der Waals surface area contributed by atoms with E-state index in [9.17, 15) is 4.79 Å². The van der Waals surface area contributed by atoms with Gasteiger partial charge in [-0.05, 0) is 62.0 Å². The zero-order valence-corrected chi connectivity index (χ0v) is 19.6. The van der Waals surface area contributed by atoms with Crippen LogP contribution >= 0.6 is 24.0 Å². The normalized spacial score (nSPS) is 17.9. The van der Waals surface area contributed by atoms with Crippen molar-refractivity contribution >= 4 is 35.1 Å². The second-order valence-corrected chi connectivity index (χ2v) is 9.04. The Balaban J connectivity index is 1.58. The summed E-state index contributed by atoms with van der Waals surface area (Å²) in [5.41, 5.74) is 2.11. The first kappa shape index (κ1) is 22.4. The number of benzene rings is 1. The van der Waals surface area contributed by atoms with Crippen molar-refractivity contribution in [3.63, 3.8) is 0 Å². The van der Waals surface area contributed by atoms with E-state index in [-0.39, 0.29) is 18.1 Å². The molecule has 0 radical (unpaired) electrons. The molecule has 32 heavy (non-hydrogen) atoms. The molecule has 0 spiro atoms. The maximum Gasteiger partial charge on any atom is 0.305 e. The molecule has 1 aromatic carbocycles. The summed E-state index contributed by atoms with van der Waals surface area (Å²) in [6, 6.07) is 17.9. The van der Waals surface area contributed by atoms with Crippen molar-refractivity contribution < 1.29 is 13.9 Å². The van der Waals surface area contributed by atoms with Crippen LogP contribution in [0.2, 0.25) is 0 Å². The number of rotatable bonds is 8. The molecule has 1 fully saturated rings. The van der Waals surface area contributed by atoms with Crippen LogP contribution in [-0.4, -0.2) is 34.6 Å². The molecule has 8 heteroatoms. The first-order valence-electron chi connectivity index (χ1n) is 10.4. The topological polar surface area (TPSA) is 67.6 Å². The van der Waals surface area contributed by atoms with Crippen LogP contribution in [0.4, 0.5) is 0 Å². The molecular formula is C24H25N3O3S2. The maximum atomic E-state index is 11.6. The zero-order chi connectivity index (χ0) is 22.5. The number of carbonyl (C=O) groups is 1. The van der Waals surface area contributed by atoms with Gasteiger partial charge in [0.25, 0.3) is 0 Å². The number of esters is 1. The largest absolute Gasteiger partial charge is 0.469 e. The van der Waals surface area contributed by atoms with Crippen LogP contribution < -0.4 is 5.32 Å². The molecule has 1 N–H and O–H groups in total. The van der Waals surface area contributed by atoms with Gasteiger partial charge in [0, 0.05) is 24.1 Å². The minimum atomic E-state index is -0.226. The fraction of sp³-hybridized carbons (Fsp3) is 0.292. The first-order valence-corrected chi connectivity index (χ1v) is 11.7. The molecule has 3 heterocycles. The lowest BCUT2D eigenvalue weighted by Gasteiger charge is -2.25. The molecule has 4 rings (SSSR count). The molecule has 1 aliphatic heterocycles. The van der Waals surface area contributed by atoms with E-state index < -0.39 is 0 Å². The van der Waals surface area contributed by atoms with Crippen LogP contribution in [0, 0.1) is 6.92 Å². The molecule has 2 atom stereocenters. The van der Waals surface area contributed by atoms with Crippen LogP contribution in [0.15, 0.2) is 75.2 Å². The first-order chi connectivity index (χ1) is 15.5. The SMILES string of the molecule is COC(=O)CCCN1C(=S)NC(c2ccccn2)C1c1ccc(Sc2ccc(C)cc2)o1. The van der Waals surface area contributed by atoms with Gasteiger partial charge >= 0.3 is 5.97 Å². The van der Waals surface area contributed by atoms with Gasteiger partial charge in [0.1, 0.15) is 11.8 Å². The van der Waals surface area contributed by atoms with Gasteiger partial charge in [-0.25, -0.2) is 0 Å². The fourth-order valence-electron chi connectivity index (χ4n) is 3.72. The lowest BCUT2D eigenvalue weighted by atomic mass is 10.0. The minimum absolute atomic E-state index is 0.148. The van der Waals surface area contributed by atoms with E-state index in [0.29, 0.717) is 24.5 Å². The van der Waals surface area contributed by atoms with E-state index in [4.69, 9.17) is 21.4 Å². The highest BCUT2D eigenvalue weighted by molar-refractivity contribution is 7.99. The second-order valence-electron chi connectivity index (χ2n) is 7.57. The highest BCUT2D eigenvalue weighted by Crippen LogP contribution is 2.41. The van der Waals surface area contributed by atoms with Crippen molar-refractivity contribution in [3.8, 4) is 0 Å². The average Bonchev–Trinajstić information content (AvgIpc) is 3.40. The Morgan fingerprint density at radius 3 is 2.75 bits per heavy atom. The smallest absolute Gasteiger partial charge is 0.305 e. The molecule has 2 unspecified atom stereocenters. The molecule has 0 aliphatic carbocycles. The molecule has 6 nitrogen and oxygen atoms in total. The maximum absolute atomic E-state index is 11.6. The van der Waals surface area contributed by atoms with E-state index in [1.54, 1.807) is 18.0 Å². The summed E-state index contributed by atoms with van der Waals surface area (Å²) in [6.07, 6.45) is 2.74. The van der Waals surface area contributed by atoms with E-state index >= 15 is 0 Å². The van der Waals surface area contributed by atoms with Gasteiger partial charge < -0.3 is 19.4 Å². The number of nitrogens with zero attached hydrogens (tertiary/aromatic N) is 2. The second kappa shape index (κ2) is 10.2. The molecule has 0 saturated carbocycles. The summed E-state index contributed by atoms with van der Waals surface area (Å²) in [6.45, 7) is 2.68. The summed E-state index contributed by atoms with van der Waals surface area (Å²) in [7, 11) is 1.40. The number of hydrogen-bond donors (Lipinski definition) is 1. The van der Waals surface area contributed by atoms with Gasteiger partial charge in [-0.3, -0.25) is 9.78 Å². The Labute approximate surface area is 197 Å². The molecule has 2 aromatic heterocycles. The van der Waals surface area contributed by atoms with Crippen LogP contribution in [0.25, 0.3) is 0 Å². The highest BCUT2D eigenvalue weighted by Gasteiger charge is 2.41. The number of pyridine rings is 1. The van der Waals surface area contributed by atoms with Crippen molar-refractivity contribution in [2.24, 2.45) is 0 Å². The molecular weight excluding hydrogens is 442 g/mol. The number of carbonyl (C=O) groups excluding carboxylic acids is 1. The van der Waals surface area contributed by atoms with Gasteiger partial charge in [0.15, 0.2) is 10.2 Å². The third-order valence-electron chi connectivity index (χ3n) is 5.34. The summed E-state index contributed by atoms with van der Waals surface area (Å²) in [5, 5.41) is 4.84. The number of ether oxygens (including phenoxy) is 1. The fourth-order valence-corrected chi connectivity index (χ4v) is 4.83. The Hall–Kier alpha value is -2.84. The van der Waals surface area contributed by atoms with Crippen molar-refractivity contribution in [2.45, 2.75) is 41.8 Å². The van der Waals surface area contributed by atoms with E-state index in [2.05, 4.69) is 46.4 Å². The monoisotopic (exact) mass is 467 g/mol. The third-order valence-corrected chi connectivity index (χ3v) is 6.62. The van der Waals surface area contributed by atoms with Gasteiger partial charge in [-0.2, -0.15) is 0 Å². The van der Waals surface area contributed by atoms with Crippen molar-refractivity contribution in [2.75, 3.05) is 13.7 Å². The molecule has 3 aromatic rings. The number of methoxy groups -OCH3 is 1. The lowest BCUT2D eigenvalue weighted by molar-refractivity contribution is -0.140. The number of furan rings is 1. The molecule has 0 amide bonds. The predicted molar refractivity (Wildman–Crippen MR) is 127 cm³/mol. The third kappa shape index (κ3) is 5.14. The van der Waals surface area contributed by atoms with Crippen molar-refractivity contribution in [1.82, 2.24) is 15.2 Å². The number of thiocarbonyl (C=S) groups is 1. The quantitative estimate of drug-likeness (QED) is 0.364. The lowest BCUT2D eigenvalue weighted by Crippen LogP contribution is -2.30. The molecule has 0 bridgehead atoms. The van der Waals surface area contributed by atoms with Crippen LogP contribution in [0.5, 0.6) is 0 Å². The molecule has 1 saturated heterocycles. The predicted octanol–water partition coefficient (Wildman–Crippen LogP) is 5.06. The van der Waals surface area contributed by atoms with Gasteiger partial charge in [-0.1, -0.05) is 35.5 Å². The standard InChI is InChI=1S/C24H25N3O3S2/c1-16-8-10-17(11-9-16)32-21-13-12-19(30-21)23-22(18-6-3-4-14-25-18)26-24(31)27(23)15-5-7-20(28)29-2/h3-4,6,8-14,22-23H,5,7,15H2,1-2H3,(H,26,31). The average molecular weight is 468 g/mol. The number of nitrogens with one attached hydrogen (secondary N) is 1. The summed E-state index contributed by atoms with van der Waals surface area (Å²) in [5.74, 6) is 0.580. The Morgan fingerprint density at radius 1 is 1.22 bits per heavy atom. The highest BCUT2D eigenvalue weighted by atomic mass is 32.2. The number of aromatic nitrogens is 1. The van der Waals surface area contributed by atoms with E-state index in [0.717, 1.165) is 21.4 Å². The van der Waals surface area contributed by atoms with Gasteiger partial charge in [0.2, 0.25) is 0 Å². The molecule has 1 aliphatic rings. The van der Waals surface area contributed by atoms with Gasteiger partial charge in [-0.15, -0.1) is 0 Å². The molecule has 166 valence electrons. The summed E-state index contributed by atoms with van der Waals surface area (Å²) < 4.78 is 11.1. The Morgan fingerprint density at radius 2 is 2.03 bits per heavy atom. The van der Waals surface area contributed by atoms with Crippen LogP contribution in [0.3, 0.4) is 0 Å². The van der Waals surface area contributed by atoms with Crippen molar-refractivity contribution in [3.05, 3.63) is 77.8 Å². The number of hydrogen-bond acceptors (Lipinski definition) is 6.